The zero-order valence-electron chi connectivity index (χ0n) is 9.91. The number of ketones is 1. The molecule has 0 saturated carbocycles. The monoisotopic (exact) mass is 306 g/mol. The predicted octanol–water partition coefficient (Wildman–Crippen LogP) is 4.85. The molecule has 2 aromatic carbocycles. The number of carbonyl (C=O) groups is 1. The van der Waals surface area contributed by atoms with Gasteiger partial charge in [-0.15, -0.1) is 0 Å². The molecule has 0 atom stereocenters. The smallest absolute Gasteiger partial charge is 0.162 e. The van der Waals surface area contributed by atoms with Crippen molar-refractivity contribution >= 4 is 21.7 Å². The van der Waals surface area contributed by atoms with Crippen LogP contribution in [-0.2, 0) is 0 Å². The first-order valence-electron chi connectivity index (χ1n) is 5.71. The average Bonchev–Trinajstić information content (AvgIpc) is 2.41. The molecule has 2 aromatic rings. The molecule has 3 heteroatoms. The van der Waals surface area contributed by atoms with Crippen molar-refractivity contribution in [2.75, 3.05) is 0 Å². The van der Waals surface area contributed by atoms with Crippen molar-refractivity contribution in [1.82, 2.24) is 0 Å². The molecular formula is C15H12BrFO. The molecule has 0 aromatic heterocycles. The maximum atomic E-state index is 13.9. The van der Waals surface area contributed by atoms with Crippen molar-refractivity contribution in [3.05, 3.63) is 58.3 Å². The fourth-order valence-electron chi connectivity index (χ4n) is 1.77. The fourth-order valence-corrected chi connectivity index (χ4v) is 2.13. The first kappa shape index (κ1) is 13.0. The Morgan fingerprint density at radius 1 is 1.17 bits per heavy atom. The number of Topliss-reactive ketones (excluding diaryl/α,β-unsaturated/α-hetero) is 1. The van der Waals surface area contributed by atoms with Gasteiger partial charge in [-0.05, 0) is 27.6 Å². The predicted molar refractivity (Wildman–Crippen MR) is 74.2 cm³/mol. The number of carbonyl (C=O) groups excluding carboxylic acids is 1. The second-order valence-corrected chi connectivity index (χ2v) is 4.81. The molecule has 0 bridgehead atoms. The van der Waals surface area contributed by atoms with Crippen LogP contribution < -0.4 is 0 Å². The van der Waals surface area contributed by atoms with Crippen LogP contribution >= 0.6 is 15.9 Å². The van der Waals surface area contributed by atoms with Gasteiger partial charge >= 0.3 is 0 Å². The highest BCUT2D eigenvalue weighted by Crippen LogP contribution is 2.28. The summed E-state index contributed by atoms with van der Waals surface area (Å²) < 4.78 is 14.3. The molecular weight excluding hydrogens is 295 g/mol. The quantitative estimate of drug-likeness (QED) is 0.741. The van der Waals surface area contributed by atoms with E-state index in [2.05, 4.69) is 15.9 Å². The van der Waals surface area contributed by atoms with E-state index in [1.807, 2.05) is 6.92 Å². The van der Waals surface area contributed by atoms with Crippen LogP contribution in [-0.4, -0.2) is 5.78 Å². The molecule has 1 nitrogen and oxygen atoms in total. The molecule has 0 radical (unpaired) electrons. The van der Waals surface area contributed by atoms with E-state index in [0.29, 0.717) is 22.0 Å². The fraction of sp³-hybridized carbons (Fsp3) is 0.133. The zero-order chi connectivity index (χ0) is 13.1. The minimum atomic E-state index is -0.285. The Hall–Kier alpha value is -1.48. The molecule has 0 aliphatic heterocycles. The third-order valence-electron chi connectivity index (χ3n) is 2.79. The number of halogens is 2. The first-order valence-corrected chi connectivity index (χ1v) is 6.50. The van der Waals surface area contributed by atoms with E-state index in [1.54, 1.807) is 42.5 Å². The topological polar surface area (TPSA) is 17.1 Å². The summed E-state index contributed by atoms with van der Waals surface area (Å²) >= 11 is 3.16. The lowest BCUT2D eigenvalue weighted by Gasteiger charge is -2.06. The molecule has 0 amide bonds. The summed E-state index contributed by atoms with van der Waals surface area (Å²) in [5.41, 5.74) is 1.96. The van der Waals surface area contributed by atoms with Crippen LogP contribution in [0, 0.1) is 5.82 Å². The summed E-state index contributed by atoms with van der Waals surface area (Å²) in [4.78, 5) is 11.5. The van der Waals surface area contributed by atoms with E-state index >= 15 is 0 Å². The second kappa shape index (κ2) is 5.44. The summed E-state index contributed by atoms with van der Waals surface area (Å²) in [5, 5.41) is 0. The van der Waals surface area contributed by atoms with Gasteiger partial charge in [0.1, 0.15) is 5.82 Å². The van der Waals surface area contributed by atoms with Gasteiger partial charge in [0.25, 0.3) is 0 Å². The van der Waals surface area contributed by atoms with Crippen molar-refractivity contribution in [2.24, 2.45) is 0 Å². The molecule has 0 aliphatic carbocycles. The van der Waals surface area contributed by atoms with E-state index in [0.717, 1.165) is 5.56 Å². The van der Waals surface area contributed by atoms with Crippen molar-refractivity contribution in [3.8, 4) is 11.1 Å². The van der Waals surface area contributed by atoms with E-state index in [1.165, 1.54) is 0 Å². The second-order valence-electron chi connectivity index (χ2n) is 3.96. The average molecular weight is 307 g/mol. The number of hydrogen-bond acceptors (Lipinski definition) is 1. The van der Waals surface area contributed by atoms with Crippen LogP contribution in [0.1, 0.15) is 23.7 Å². The van der Waals surface area contributed by atoms with E-state index < -0.39 is 0 Å². The standard InChI is InChI=1S/C15H12BrFO/c1-2-14(18)11-8-6-10(7-9-11)12-4-3-5-13(16)15(12)17/h3-9H,2H2,1H3. The number of rotatable bonds is 3. The van der Waals surface area contributed by atoms with Crippen LogP contribution in [0.4, 0.5) is 4.39 Å². The van der Waals surface area contributed by atoms with Gasteiger partial charge in [-0.3, -0.25) is 4.79 Å². The Kier molecular flexibility index (Phi) is 3.92. The maximum absolute atomic E-state index is 13.9. The van der Waals surface area contributed by atoms with Crippen molar-refractivity contribution < 1.29 is 9.18 Å². The molecule has 0 heterocycles. The Morgan fingerprint density at radius 2 is 1.83 bits per heavy atom. The van der Waals surface area contributed by atoms with Crippen molar-refractivity contribution in [3.63, 3.8) is 0 Å². The Morgan fingerprint density at radius 3 is 2.44 bits per heavy atom. The van der Waals surface area contributed by atoms with Gasteiger partial charge in [0.05, 0.1) is 4.47 Å². The van der Waals surface area contributed by atoms with Crippen LogP contribution in [0.2, 0.25) is 0 Å². The lowest BCUT2D eigenvalue weighted by molar-refractivity contribution is 0.0988. The Bertz CT molecular complexity index is 576. The largest absolute Gasteiger partial charge is 0.294 e. The van der Waals surface area contributed by atoms with Gasteiger partial charge in [-0.2, -0.15) is 0 Å². The SMILES string of the molecule is CCC(=O)c1ccc(-c2cccc(Br)c2F)cc1. The highest BCUT2D eigenvalue weighted by Gasteiger charge is 2.09. The molecule has 0 saturated heterocycles. The molecule has 0 spiro atoms. The van der Waals surface area contributed by atoms with Gasteiger partial charge in [0, 0.05) is 17.5 Å². The Balaban J connectivity index is 2.40. The van der Waals surface area contributed by atoms with Gasteiger partial charge in [0.2, 0.25) is 0 Å². The molecule has 2 rings (SSSR count). The molecule has 0 N–H and O–H groups in total. The van der Waals surface area contributed by atoms with Crippen LogP contribution in [0.5, 0.6) is 0 Å². The van der Waals surface area contributed by atoms with Crippen LogP contribution in [0.3, 0.4) is 0 Å². The normalized spacial score (nSPS) is 10.4. The van der Waals surface area contributed by atoms with Crippen molar-refractivity contribution in [1.29, 1.82) is 0 Å². The van der Waals surface area contributed by atoms with Gasteiger partial charge in [-0.1, -0.05) is 43.3 Å². The molecule has 0 fully saturated rings. The van der Waals surface area contributed by atoms with Gasteiger partial charge in [0.15, 0.2) is 5.78 Å². The number of hydrogen-bond donors (Lipinski definition) is 0. The first-order chi connectivity index (χ1) is 8.63. The zero-order valence-corrected chi connectivity index (χ0v) is 11.5. The lowest BCUT2D eigenvalue weighted by atomic mass is 10.0. The third kappa shape index (κ3) is 2.51. The minimum absolute atomic E-state index is 0.0938. The maximum Gasteiger partial charge on any atom is 0.162 e. The molecule has 0 unspecified atom stereocenters. The third-order valence-corrected chi connectivity index (χ3v) is 3.40. The highest BCUT2D eigenvalue weighted by molar-refractivity contribution is 9.10. The van der Waals surface area contributed by atoms with E-state index in [9.17, 15) is 9.18 Å². The molecule has 18 heavy (non-hydrogen) atoms. The van der Waals surface area contributed by atoms with Crippen LogP contribution in [0.25, 0.3) is 11.1 Å². The molecule has 92 valence electrons. The number of benzene rings is 2. The summed E-state index contributed by atoms with van der Waals surface area (Å²) in [6.45, 7) is 1.82. The Labute approximate surface area is 114 Å². The summed E-state index contributed by atoms with van der Waals surface area (Å²) in [6, 6.07) is 12.2. The van der Waals surface area contributed by atoms with Crippen molar-refractivity contribution in [2.45, 2.75) is 13.3 Å². The summed E-state index contributed by atoms with van der Waals surface area (Å²) in [7, 11) is 0. The highest BCUT2D eigenvalue weighted by atomic mass is 79.9. The summed E-state index contributed by atoms with van der Waals surface area (Å²) in [5.74, 6) is -0.191. The van der Waals surface area contributed by atoms with Gasteiger partial charge < -0.3 is 0 Å². The van der Waals surface area contributed by atoms with E-state index in [-0.39, 0.29) is 11.6 Å². The lowest BCUT2D eigenvalue weighted by Crippen LogP contribution is -1.95. The minimum Gasteiger partial charge on any atom is -0.294 e. The molecule has 0 aliphatic rings. The summed E-state index contributed by atoms with van der Waals surface area (Å²) in [6.07, 6.45) is 0.477. The van der Waals surface area contributed by atoms with Crippen LogP contribution in [0.15, 0.2) is 46.9 Å². The van der Waals surface area contributed by atoms with E-state index in [4.69, 9.17) is 0 Å². The van der Waals surface area contributed by atoms with Gasteiger partial charge in [-0.25, -0.2) is 4.39 Å².